The predicted molar refractivity (Wildman–Crippen MR) is 81.8 cm³/mol. The molecule has 0 atom stereocenters. The summed E-state index contributed by atoms with van der Waals surface area (Å²) in [6.07, 6.45) is 2.55. The number of benzene rings is 1. The number of anilines is 1. The van der Waals surface area contributed by atoms with Crippen molar-refractivity contribution in [2.75, 3.05) is 11.9 Å². The fourth-order valence-electron chi connectivity index (χ4n) is 1.85. The fourth-order valence-corrected chi connectivity index (χ4v) is 1.98. The van der Waals surface area contributed by atoms with Crippen LogP contribution in [0.15, 0.2) is 24.4 Å². The smallest absolute Gasteiger partial charge is 0.243 e. The van der Waals surface area contributed by atoms with Crippen molar-refractivity contribution in [3.05, 3.63) is 40.5 Å². The van der Waals surface area contributed by atoms with Crippen molar-refractivity contribution >= 4 is 17.5 Å². The maximum atomic E-state index is 6.08. The van der Waals surface area contributed by atoms with Crippen LogP contribution >= 0.6 is 11.6 Å². The van der Waals surface area contributed by atoms with Crippen LogP contribution in [0.4, 0.5) is 5.95 Å². The molecular weight excluding hydrogens is 274 g/mol. The molecule has 2 aromatic rings. The van der Waals surface area contributed by atoms with Crippen LogP contribution in [0.25, 0.3) is 0 Å². The summed E-state index contributed by atoms with van der Waals surface area (Å²) in [6, 6.07) is 5.98. The Morgan fingerprint density at radius 3 is 2.55 bits per heavy atom. The van der Waals surface area contributed by atoms with E-state index in [-0.39, 0.29) is 0 Å². The van der Waals surface area contributed by atoms with Gasteiger partial charge in [0.05, 0.1) is 6.20 Å². The van der Waals surface area contributed by atoms with Gasteiger partial charge in [0.2, 0.25) is 11.8 Å². The molecule has 0 aliphatic rings. The number of hydrogen-bond donors (Lipinski definition) is 1. The minimum Gasteiger partial charge on any atom is -0.437 e. The van der Waals surface area contributed by atoms with Gasteiger partial charge in [0.25, 0.3) is 0 Å². The van der Waals surface area contributed by atoms with E-state index in [0.29, 0.717) is 16.9 Å². The minimum absolute atomic E-state index is 0.366. The molecule has 0 radical (unpaired) electrons. The Hall–Kier alpha value is -1.81. The standard InChI is InChI=1S/C15H18ClN3O/c1-4-5-17-15-18-9-13(16)14(19-15)20-12-7-10(2)6-11(3)8-12/h6-9H,4-5H2,1-3H3,(H,17,18,19). The molecule has 1 aromatic heterocycles. The van der Waals surface area contributed by atoms with Crippen LogP contribution in [0.1, 0.15) is 24.5 Å². The van der Waals surface area contributed by atoms with Gasteiger partial charge in [-0.05, 0) is 43.5 Å². The zero-order chi connectivity index (χ0) is 14.5. The molecule has 0 bridgehead atoms. The molecule has 5 heteroatoms. The number of ether oxygens (including phenoxy) is 1. The highest BCUT2D eigenvalue weighted by Crippen LogP contribution is 2.28. The maximum absolute atomic E-state index is 6.08. The Morgan fingerprint density at radius 1 is 1.20 bits per heavy atom. The van der Waals surface area contributed by atoms with Gasteiger partial charge in [-0.1, -0.05) is 24.6 Å². The molecule has 0 saturated carbocycles. The number of hydrogen-bond acceptors (Lipinski definition) is 4. The molecule has 2 rings (SSSR count). The van der Waals surface area contributed by atoms with Crippen molar-refractivity contribution in [2.24, 2.45) is 0 Å². The highest BCUT2D eigenvalue weighted by atomic mass is 35.5. The second-order valence-corrected chi connectivity index (χ2v) is 5.11. The number of rotatable bonds is 5. The third-order valence-electron chi connectivity index (χ3n) is 2.65. The third kappa shape index (κ3) is 3.84. The van der Waals surface area contributed by atoms with E-state index >= 15 is 0 Å². The average molecular weight is 292 g/mol. The first-order chi connectivity index (χ1) is 9.58. The predicted octanol–water partition coefficient (Wildman–Crippen LogP) is 4.36. The lowest BCUT2D eigenvalue weighted by Gasteiger charge is -2.10. The second-order valence-electron chi connectivity index (χ2n) is 4.70. The summed E-state index contributed by atoms with van der Waals surface area (Å²) in [6.45, 7) is 6.94. The Kier molecular flexibility index (Phi) is 4.79. The van der Waals surface area contributed by atoms with E-state index in [2.05, 4.69) is 28.3 Å². The first-order valence-corrected chi connectivity index (χ1v) is 6.99. The summed E-state index contributed by atoms with van der Waals surface area (Å²) in [5, 5.41) is 3.50. The van der Waals surface area contributed by atoms with Gasteiger partial charge in [-0.2, -0.15) is 4.98 Å². The van der Waals surface area contributed by atoms with Crippen molar-refractivity contribution in [1.82, 2.24) is 9.97 Å². The van der Waals surface area contributed by atoms with Crippen molar-refractivity contribution in [1.29, 1.82) is 0 Å². The number of aryl methyl sites for hydroxylation is 2. The van der Waals surface area contributed by atoms with Crippen LogP contribution in [0.2, 0.25) is 5.02 Å². The topological polar surface area (TPSA) is 47.0 Å². The van der Waals surface area contributed by atoms with Crippen molar-refractivity contribution in [3.8, 4) is 11.6 Å². The lowest BCUT2D eigenvalue weighted by Crippen LogP contribution is -2.04. The van der Waals surface area contributed by atoms with Crippen LogP contribution in [0, 0.1) is 13.8 Å². The molecule has 0 aliphatic heterocycles. The van der Waals surface area contributed by atoms with Gasteiger partial charge in [-0.15, -0.1) is 0 Å². The lowest BCUT2D eigenvalue weighted by atomic mass is 10.1. The molecule has 1 aromatic carbocycles. The largest absolute Gasteiger partial charge is 0.437 e. The van der Waals surface area contributed by atoms with Crippen molar-refractivity contribution < 1.29 is 4.74 Å². The van der Waals surface area contributed by atoms with Gasteiger partial charge in [-0.25, -0.2) is 4.98 Å². The molecule has 0 spiro atoms. The van der Waals surface area contributed by atoms with Gasteiger partial charge in [0.15, 0.2) is 0 Å². The fraction of sp³-hybridized carbons (Fsp3) is 0.333. The molecular formula is C15H18ClN3O. The first-order valence-electron chi connectivity index (χ1n) is 6.61. The van der Waals surface area contributed by atoms with Gasteiger partial charge in [0, 0.05) is 6.54 Å². The lowest BCUT2D eigenvalue weighted by molar-refractivity contribution is 0.462. The Bertz CT molecular complexity index is 581. The quantitative estimate of drug-likeness (QED) is 0.889. The summed E-state index contributed by atoms with van der Waals surface area (Å²) in [7, 11) is 0. The Balaban J connectivity index is 2.23. The van der Waals surface area contributed by atoms with E-state index < -0.39 is 0 Å². The van der Waals surface area contributed by atoms with Gasteiger partial charge in [0.1, 0.15) is 10.8 Å². The molecule has 1 N–H and O–H groups in total. The second kappa shape index (κ2) is 6.57. The van der Waals surface area contributed by atoms with Crippen molar-refractivity contribution in [2.45, 2.75) is 27.2 Å². The van der Waals surface area contributed by atoms with Crippen LogP contribution in [0.3, 0.4) is 0 Å². The first kappa shape index (κ1) is 14.6. The molecule has 20 heavy (non-hydrogen) atoms. The van der Waals surface area contributed by atoms with Gasteiger partial charge < -0.3 is 10.1 Å². The normalized spacial score (nSPS) is 10.4. The summed E-state index contributed by atoms with van der Waals surface area (Å²) in [5.74, 6) is 1.62. The molecule has 106 valence electrons. The van der Waals surface area contributed by atoms with E-state index in [9.17, 15) is 0 Å². The van der Waals surface area contributed by atoms with Crippen LogP contribution in [-0.4, -0.2) is 16.5 Å². The van der Waals surface area contributed by atoms with E-state index in [4.69, 9.17) is 16.3 Å². The van der Waals surface area contributed by atoms with Crippen molar-refractivity contribution in [3.63, 3.8) is 0 Å². The Morgan fingerprint density at radius 2 is 1.90 bits per heavy atom. The zero-order valence-electron chi connectivity index (χ0n) is 11.9. The molecule has 0 saturated heterocycles. The number of nitrogens with zero attached hydrogens (tertiary/aromatic N) is 2. The number of nitrogens with one attached hydrogen (secondary N) is 1. The Labute approximate surface area is 124 Å². The van der Waals surface area contributed by atoms with E-state index in [1.807, 2.05) is 26.0 Å². The van der Waals surface area contributed by atoms with Gasteiger partial charge >= 0.3 is 0 Å². The highest BCUT2D eigenvalue weighted by Gasteiger charge is 2.08. The minimum atomic E-state index is 0.366. The SMILES string of the molecule is CCCNc1ncc(Cl)c(Oc2cc(C)cc(C)c2)n1. The monoisotopic (exact) mass is 291 g/mol. The van der Waals surface area contributed by atoms with E-state index in [1.165, 1.54) is 0 Å². The van der Waals surface area contributed by atoms with Crippen LogP contribution in [-0.2, 0) is 0 Å². The molecule has 0 unspecified atom stereocenters. The molecule has 0 fully saturated rings. The summed E-state index contributed by atoms with van der Waals surface area (Å²) >= 11 is 6.08. The molecule has 0 amide bonds. The third-order valence-corrected chi connectivity index (χ3v) is 2.91. The molecule has 1 heterocycles. The number of aromatic nitrogens is 2. The average Bonchev–Trinajstić information content (AvgIpc) is 2.38. The maximum Gasteiger partial charge on any atom is 0.243 e. The van der Waals surface area contributed by atoms with Gasteiger partial charge in [-0.3, -0.25) is 0 Å². The molecule has 4 nitrogen and oxygen atoms in total. The van der Waals surface area contributed by atoms with E-state index in [1.54, 1.807) is 6.20 Å². The van der Waals surface area contributed by atoms with Crippen LogP contribution in [0.5, 0.6) is 11.6 Å². The number of halogens is 1. The summed E-state index contributed by atoms with van der Waals surface area (Å²) < 4.78 is 5.77. The van der Waals surface area contributed by atoms with E-state index in [0.717, 1.165) is 29.8 Å². The highest BCUT2D eigenvalue weighted by molar-refractivity contribution is 6.31. The zero-order valence-corrected chi connectivity index (χ0v) is 12.7. The summed E-state index contributed by atoms with van der Waals surface area (Å²) in [4.78, 5) is 8.41. The molecule has 0 aliphatic carbocycles. The van der Waals surface area contributed by atoms with Crippen LogP contribution < -0.4 is 10.1 Å². The summed E-state index contributed by atoms with van der Waals surface area (Å²) in [5.41, 5.74) is 2.27.